The lowest BCUT2D eigenvalue weighted by Gasteiger charge is -2.27. The van der Waals surface area contributed by atoms with Gasteiger partial charge in [-0.1, -0.05) is 0 Å². The fourth-order valence-electron chi connectivity index (χ4n) is 4.01. The number of aromatic nitrogens is 3. The van der Waals surface area contributed by atoms with Crippen LogP contribution in [0.15, 0.2) is 35.3 Å². The Labute approximate surface area is 157 Å². The van der Waals surface area contributed by atoms with E-state index in [2.05, 4.69) is 20.9 Å². The summed E-state index contributed by atoms with van der Waals surface area (Å²) in [7, 11) is 0. The largest absolute Gasteiger partial charge is 0.378 e. The Morgan fingerprint density at radius 3 is 2.56 bits per heavy atom. The standard InChI is InChI=1S/C21H22N4O2/c26-21-17-11-14-3-1-2-4-15(14)12-18(17)23-20(24-21)16-5-6-19(22-13-16)25-7-9-27-10-8-25/h5-6,11-13H,1-4,7-10H2,(H,23,24,26). The second-order valence-corrected chi connectivity index (χ2v) is 7.26. The Morgan fingerprint density at radius 2 is 1.81 bits per heavy atom. The normalized spacial score (nSPS) is 17.1. The number of H-pyrrole nitrogens is 1. The molecule has 1 aliphatic carbocycles. The molecule has 0 bridgehead atoms. The number of anilines is 1. The van der Waals surface area contributed by atoms with Gasteiger partial charge in [-0.25, -0.2) is 9.97 Å². The Morgan fingerprint density at radius 1 is 1.04 bits per heavy atom. The molecule has 2 aliphatic rings. The van der Waals surface area contributed by atoms with Gasteiger partial charge in [0.2, 0.25) is 0 Å². The van der Waals surface area contributed by atoms with Gasteiger partial charge in [-0.2, -0.15) is 0 Å². The van der Waals surface area contributed by atoms with Crippen molar-refractivity contribution >= 4 is 16.7 Å². The summed E-state index contributed by atoms with van der Waals surface area (Å²) in [5.41, 5.74) is 4.14. The monoisotopic (exact) mass is 362 g/mol. The predicted octanol–water partition coefficient (Wildman–Crippen LogP) is 2.70. The smallest absolute Gasteiger partial charge is 0.259 e. The van der Waals surface area contributed by atoms with Gasteiger partial charge in [-0.15, -0.1) is 0 Å². The Hall–Kier alpha value is -2.73. The van der Waals surface area contributed by atoms with E-state index in [9.17, 15) is 4.79 Å². The molecular formula is C21H22N4O2. The lowest BCUT2D eigenvalue weighted by Crippen LogP contribution is -2.36. The molecule has 27 heavy (non-hydrogen) atoms. The molecule has 138 valence electrons. The Kier molecular flexibility index (Phi) is 4.13. The number of fused-ring (bicyclic) bond motifs is 2. The summed E-state index contributed by atoms with van der Waals surface area (Å²) in [6.45, 7) is 3.16. The molecule has 0 amide bonds. The van der Waals surface area contributed by atoms with Crippen LogP contribution in [0.4, 0.5) is 5.82 Å². The van der Waals surface area contributed by atoms with E-state index in [1.165, 1.54) is 24.0 Å². The molecule has 3 aromatic rings. The molecule has 1 aromatic carbocycles. The lowest BCUT2D eigenvalue weighted by molar-refractivity contribution is 0.122. The molecule has 1 saturated heterocycles. The van der Waals surface area contributed by atoms with Gasteiger partial charge in [0.05, 0.1) is 24.1 Å². The van der Waals surface area contributed by atoms with Crippen LogP contribution in [0.3, 0.4) is 0 Å². The van der Waals surface area contributed by atoms with E-state index < -0.39 is 0 Å². The van der Waals surface area contributed by atoms with Gasteiger partial charge in [0, 0.05) is 24.8 Å². The van der Waals surface area contributed by atoms with Crippen LogP contribution in [0, 0.1) is 0 Å². The summed E-state index contributed by atoms with van der Waals surface area (Å²) in [4.78, 5) is 27.1. The molecule has 1 N–H and O–H groups in total. The molecule has 0 saturated carbocycles. The van der Waals surface area contributed by atoms with Crippen molar-refractivity contribution in [3.8, 4) is 11.4 Å². The molecule has 1 aliphatic heterocycles. The van der Waals surface area contributed by atoms with Crippen LogP contribution in [0.2, 0.25) is 0 Å². The van der Waals surface area contributed by atoms with Crippen LogP contribution in [0.5, 0.6) is 0 Å². The topological polar surface area (TPSA) is 71.1 Å². The molecule has 6 nitrogen and oxygen atoms in total. The number of benzene rings is 1. The van der Waals surface area contributed by atoms with E-state index in [-0.39, 0.29) is 5.56 Å². The second-order valence-electron chi connectivity index (χ2n) is 7.26. The maximum absolute atomic E-state index is 12.6. The number of hydrogen-bond donors (Lipinski definition) is 1. The first kappa shape index (κ1) is 16.4. The summed E-state index contributed by atoms with van der Waals surface area (Å²) in [6.07, 6.45) is 6.32. The highest BCUT2D eigenvalue weighted by molar-refractivity contribution is 5.81. The minimum absolute atomic E-state index is 0.0828. The third-order valence-corrected chi connectivity index (χ3v) is 5.53. The Balaban J connectivity index is 1.51. The molecule has 3 heterocycles. The summed E-state index contributed by atoms with van der Waals surface area (Å²) < 4.78 is 5.39. The minimum Gasteiger partial charge on any atom is -0.378 e. The summed E-state index contributed by atoms with van der Waals surface area (Å²) in [5, 5.41) is 0.678. The van der Waals surface area contributed by atoms with Crippen molar-refractivity contribution in [2.75, 3.05) is 31.2 Å². The summed E-state index contributed by atoms with van der Waals surface area (Å²) in [6, 6.07) is 8.08. The molecule has 1 fully saturated rings. The zero-order valence-corrected chi connectivity index (χ0v) is 15.2. The van der Waals surface area contributed by atoms with Crippen molar-refractivity contribution in [1.82, 2.24) is 15.0 Å². The van der Waals surface area contributed by atoms with Crippen LogP contribution in [0.1, 0.15) is 24.0 Å². The van der Waals surface area contributed by atoms with E-state index in [4.69, 9.17) is 9.72 Å². The van der Waals surface area contributed by atoms with E-state index in [1.54, 1.807) is 6.20 Å². The highest BCUT2D eigenvalue weighted by Gasteiger charge is 2.15. The Bertz CT molecular complexity index is 1040. The number of nitrogens with one attached hydrogen (secondary N) is 1. The zero-order valence-electron chi connectivity index (χ0n) is 15.2. The van der Waals surface area contributed by atoms with Crippen molar-refractivity contribution in [2.45, 2.75) is 25.7 Å². The highest BCUT2D eigenvalue weighted by Crippen LogP contribution is 2.26. The van der Waals surface area contributed by atoms with Crippen LogP contribution < -0.4 is 10.5 Å². The number of ether oxygens (including phenoxy) is 1. The SMILES string of the molecule is O=c1[nH]c(-c2ccc(N3CCOCC3)nc2)nc2cc3c(cc12)CCCC3. The molecule has 5 rings (SSSR count). The van der Waals surface area contributed by atoms with Crippen LogP contribution in [-0.4, -0.2) is 41.3 Å². The first-order valence-electron chi connectivity index (χ1n) is 9.63. The van der Waals surface area contributed by atoms with Crippen molar-refractivity contribution in [2.24, 2.45) is 0 Å². The van der Waals surface area contributed by atoms with Gasteiger partial charge in [0.25, 0.3) is 5.56 Å². The maximum Gasteiger partial charge on any atom is 0.259 e. The maximum atomic E-state index is 12.6. The fraction of sp³-hybridized carbons (Fsp3) is 0.381. The van der Waals surface area contributed by atoms with Crippen LogP contribution in [0.25, 0.3) is 22.3 Å². The average Bonchev–Trinajstić information content (AvgIpc) is 2.73. The summed E-state index contributed by atoms with van der Waals surface area (Å²) in [5.74, 6) is 1.50. The minimum atomic E-state index is -0.0828. The molecule has 0 unspecified atom stereocenters. The highest BCUT2D eigenvalue weighted by atomic mass is 16.5. The second kappa shape index (κ2) is 6.78. The molecule has 6 heteroatoms. The number of aryl methyl sites for hydroxylation is 2. The van der Waals surface area contributed by atoms with E-state index in [0.717, 1.165) is 56.0 Å². The third kappa shape index (κ3) is 3.10. The van der Waals surface area contributed by atoms with Gasteiger partial charge < -0.3 is 14.6 Å². The van der Waals surface area contributed by atoms with Gasteiger partial charge >= 0.3 is 0 Å². The molecule has 0 atom stereocenters. The average molecular weight is 362 g/mol. The van der Waals surface area contributed by atoms with E-state index >= 15 is 0 Å². The van der Waals surface area contributed by atoms with E-state index in [1.807, 2.05) is 18.2 Å². The number of hydrogen-bond acceptors (Lipinski definition) is 5. The van der Waals surface area contributed by atoms with Gasteiger partial charge in [0.1, 0.15) is 11.6 Å². The first-order chi connectivity index (χ1) is 13.3. The molecule has 0 spiro atoms. The molecular weight excluding hydrogens is 340 g/mol. The molecule has 2 aromatic heterocycles. The van der Waals surface area contributed by atoms with E-state index in [0.29, 0.717) is 11.2 Å². The first-order valence-corrected chi connectivity index (χ1v) is 9.63. The van der Waals surface area contributed by atoms with Gasteiger partial charge in [0.15, 0.2) is 0 Å². The summed E-state index contributed by atoms with van der Waals surface area (Å²) >= 11 is 0. The number of aromatic amines is 1. The van der Waals surface area contributed by atoms with Crippen molar-refractivity contribution in [1.29, 1.82) is 0 Å². The quantitative estimate of drug-likeness (QED) is 0.759. The van der Waals surface area contributed by atoms with Crippen molar-refractivity contribution < 1.29 is 4.74 Å². The fourth-order valence-corrected chi connectivity index (χ4v) is 4.01. The number of rotatable bonds is 2. The van der Waals surface area contributed by atoms with Crippen LogP contribution >= 0.6 is 0 Å². The number of morpholine rings is 1. The number of pyridine rings is 1. The third-order valence-electron chi connectivity index (χ3n) is 5.53. The zero-order chi connectivity index (χ0) is 18.2. The van der Waals surface area contributed by atoms with Crippen LogP contribution in [-0.2, 0) is 17.6 Å². The predicted molar refractivity (Wildman–Crippen MR) is 105 cm³/mol. The lowest BCUT2D eigenvalue weighted by atomic mass is 9.90. The number of nitrogens with zero attached hydrogens (tertiary/aromatic N) is 3. The van der Waals surface area contributed by atoms with Crippen molar-refractivity contribution in [3.63, 3.8) is 0 Å². The van der Waals surface area contributed by atoms with Gasteiger partial charge in [-0.05, 0) is 61.1 Å². The van der Waals surface area contributed by atoms with Gasteiger partial charge in [-0.3, -0.25) is 4.79 Å². The molecule has 0 radical (unpaired) electrons. The van der Waals surface area contributed by atoms with Crippen molar-refractivity contribution in [3.05, 3.63) is 51.9 Å².